The molecule has 118 valence electrons. The molecule has 1 aliphatic rings. The standard InChI is InChI=1S/C19H21N3O/c1-15(22-12-6-3-7-13-22)23-18-10-11-21-19(17(18)14-20)16-8-4-2-5-9-16/h2,4-5,8-11,15H,3,6-7,12-13H2,1H3. The summed E-state index contributed by atoms with van der Waals surface area (Å²) in [5.41, 5.74) is 2.11. The summed E-state index contributed by atoms with van der Waals surface area (Å²) in [7, 11) is 0. The van der Waals surface area contributed by atoms with E-state index < -0.39 is 0 Å². The highest BCUT2D eigenvalue weighted by molar-refractivity contribution is 5.69. The number of rotatable bonds is 4. The Kier molecular flexibility index (Phi) is 4.89. The number of nitrogens with zero attached hydrogens (tertiary/aromatic N) is 3. The first-order valence-electron chi connectivity index (χ1n) is 8.15. The third-order valence-corrected chi connectivity index (χ3v) is 4.27. The van der Waals surface area contributed by atoms with Gasteiger partial charge in [-0.25, -0.2) is 0 Å². The summed E-state index contributed by atoms with van der Waals surface area (Å²) in [6, 6.07) is 13.8. The topological polar surface area (TPSA) is 49.1 Å². The number of benzene rings is 1. The van der Waals surface area contributed by atoms with E-state index in [-0.39, 0.29) is 6.23 Å². The molecular formula is C19H21N3O. The van der Waals surface area contributed by atoms with Crippen molar-refractivity contribution in [1.82, 2.24) is 9.88 Å². The molecule has 4 nitrogen and oxygen atoms in total. The highest BCUT2D eigenvalue weighted by Crippen LogP contribution is 2.29. The minimum absolute atomic E-state index is 0.0339. The van der Waals surface area contributed by atoms with Crippen molar-refractivity contribution in [3.63, 3.8) is 0 Å². The Morgan fingerprint density at radius 3 is 2.57 bits per heavy atom. The Hall–Kier alpha value is -2.38. The van der Waals surface area contributed by atoms with Gasteiger partial charge in [-0.1, -0.05) is 36.8 Å². The molecular weight excluding hydrogens is 286 g/mol. The number of likely N-dealkylation sites (tertiary alicyclic amines) is 1. The Labute approximate surface area is 137 Å². The fourth-order valence-corrected chi connectivity index (χ4v) is 3.01. The summed E-state index contributed by atoms with van der Waals surface area (Å²) in [6.45, 7) is 4.16. The summed E-state index contributed by atoms with van der Waals surface area (Å²) < 4.78 is 6.10. The van der Waals surface area contributed by atoms with Crippen molar-refractivity contribution < 1.29 is 4.74 Å². The van der Waals surface area contributed by atoms with Crippen molar-refractivity contribution in [2.45, 2.75) is 32.4 Å². The molecule has 23 heavy (non-hydrogen) atoms. The molecule has 1 fully saturated rings. The lowest BCUT2D eigenvalue weighted by Gasteiger charge is -2.32. The number of pyridine rings is 1. The van der Waals surface area contributed by atoms with Crippen LogP contribution >= 0.6 is 0 Å². The van der Waals surface area contributed by atoms with Gasteiger partial charge in [-0.15, -0.1) is 0 Å². The van der Waals surface area contributed by atoms with Crippen molar-refractivity contribution in [2.24, 2.45) is 0 Å². The van der Waals surface area contributed by atoms with Crippen LogP contribution < -0.4 is 4.74 Å². The van der Waals surface area contributed by atoms with Gasteiger partial charge >= 0.3 is 0 Å². The molecule has 2 aromatic rings. The first-order chi connectivity index (χ1) is 11.3. The lowest BCUT2D eigenvalue weighted by molar-refractivity contribution is 0.0260. The molecule has 1 aromatic carbocycles. The maximum Gasteiger partial charge on any atom is 0.149 e. The van der Waals surface area contributed by atoms with Crippen LogP contribution in [-0.4, -0.2) is 29.2 Å². The Bertz CT molecular complexity index is 688. The lowest BCUT2D eigenvalue weighted by Crippen LogP contribution is -2.40. The molecule has 0 saturated carbocycles. The maximum atomic E-state index is 9.60. The molecule has 0 spiro atoms. The number of ether oxygens (including phenoxy) is 1. The second kappa shape index (κ2) is 7.26. The van der Waals surface area contributed by atoms with Gasteiger partial charge in [-0.3, -0.25) is 9.88 Å². The van der Waals surface area contributed by atoms with Gasteiger partial charge in [-0.05, 0) is 25.8 Å². The highest BCUT2D eigenvalue weighted by Gasteiger charge is 2.20. The van der Waals surface area contributed by atoms with Crippen LogP contribution in [0.15, 0.2) is 42.6 Å². The number of hydrogen-bond acceptors (Lipinski definition) is 4. The fourth-order valence-electron chi connectivity index (χ4n) is 3.01. The molecule has 2 heterocycles. The van der Waals surface area contributed by atoms with Crippen LogP contribution in [0.3, 0.4) is 0 Å². The number of hydrogen-bond donors (Lipinski definition) is 0. The first-order valence-corrected chi connectivity index (χ1v) is 8.15. The SMILES string of the molecule is CC(Oc1ccnc(-c2ccccc2)c1C#N)N1CCCCC1. The Morgan fingerprint density at radius 1 is 1.13 bits per heavy atom. The molecule has 4 heteroatoms. The van der Waals surface area contributed by atoms with Gasteiger partial charge < -0.3 is 4.74 Å². The van der Waals surface area contributed by atoms with E-state index in [0.717, 1.165) is 18.7 Å². The van der Waals surface area contributed by atoms with Gasteiger partial charge in [0.15, 0.2) is 0 Å². The van der Waals surface area contributed by atoms with Crippen LogP contribution in [0.1, 0.15) is 31.7 Å². The monoisotopic (exact) mass is 307 g/mol. The molecule has 0 amide bonds. The molecule has 0 N–H and O–H groups in total. The first kappa shape index (κ1) is 15.5. The second-order valence-corrected chi connectivity index (χ2v) is 5.82. The van der Waals surface area contributed by atoms with E-state index in [2.05, 4.69) is 22.9 Å². The number of piperidine rings is 1. The van der Waals surface area contributed by atoms with E-state index in [1.54, 1.807) is 12.3 Å². The van der Waals surface area contributed by atoms with Crippen LogP contribution in [0.5, 0.6) is 5.75 Å². The van der Waals surface area contributed by atoms with Gasteiger partial charge in [0.25, 0.3) is 0 Å². The van der Waals surface area contributed by atoms with Crippen LogP contribution in [0.4, 0.5) is 0 Å². The summed E-state index contributed by atoms with van der Waals surface area (Å²) in [4.78, 5) is 6.71. The van der Waals surface area contributed by atoms with Crippen molar-refractivity contribution >= 4 is 0 Å². The largest absolute Gasteiger partial charge is 0.474 e. The normalized spacial score (nSPS) is 16.5. The summed E-state index contributed by atoms with van der Waals surface area (Å²) >= 11 is 0. The van der Waals surface area contributed by atoms with Gasteiger partial charge in [-0.2, -0.15) is 5.26 Å². The molecule has 1 unspecified atom stereocenters. The smallest absolute Gasteiger partial charge is 0.149 e. The van der Waals surface area contributed by atoms with Crippen molar-refractivity contribution in [1.29, 1.82) is 5.26 Å². The summed E-state index contributed by atoms with van der Waals surface area (Å²) in [5.74, 6) is 0.611. The zero-order valence-corrected chi connectivity index (χ0v) is 13.4. The molecule has 0 aliphatic carbocycles. The van der Waals surface area contributed by atoms with Crippen molar-refractivity contribution in [2.75, 3.05) is 13.1 Å². The molecule has 1 saturated heterocycles. The summed E-state index contributed by atoms with van der Waals surface area (Å²) in [6.07, 6.45) is 5.39. The molecule has 3 rings (SSSR count). The van der Waals surface area contributed by atoms with E-state index in [4.69, 9.17) is 4.74 Å². The van der Waals surface area contributed by atoms with Crippen LogP contribution in [0, 0.1) is 11.3 Å². The zero-order chi connectivity index (χ0) is 16.1. The third-order valence-electron chi connectivity index (χ3n) is 4.27. The quantitative estimate of drug-likeness (QED) is 0.861. The predicted octanol–water partition coefficient (Wildman–Crippen LogP) is 3.83. The molecule has 1 aliphatic heterocycles. The maximum absolute atomic E-state index is 9.60. The van der Waals surface area contributed by atoms with Crippen molar-refractivity contribution in [3.05, 3.63) is 48.2 Å². The Morgan fingerprint density at radius 2 is 1.87 bits per heavy atom. The zero-order valence-electron chi connectivity index (χ0n) is 13.4. The molecule has 0 radical (unpaired) electrons. The van der Waals surface area contributed by atoms with Gasteiger partial charge in [0.2, 0.25) is 0 Å². The third kappa shape index (κ3) is 3.52. The Balaban J connectivity index is 1.86. The average Bonchev–Trinajstić information content (AvgIpc) is 2.63. The number of nitriles is 1. The van der Waals surface area contributed by atoms with Crippen LogP contribution in [0.2, 0.25) is 0 Å². The fraction of sp³-hybridized carbons (Fsp3) is 0.368. The van der Waals surface area contributed by atoms with Gasteiger partial charge in [0.05, 0.1) is 5.69 Å². The average molecular weight is 307 g/mol. The molecule has 1 atom stereocenters. The van der Waals surface area contributed by atoms with E-state index in [0.29, 0.717) is 17.0 Å². The van der Waals surface area contributed by atoms with Crippen molar-refractivity contribution in [3.8, 4) is 23.1 Å². The number of aromatic nitrogens is 1. The highest BCUT2D eigenvalue weighted by atomic mass is 16.5. The predicted molar refractivity (Wildman–Crippen MR) is 89.9 cm³/mol. The second-order valence-electron chi connectivity index (χ2n) is 5.82. The van der Waals surface area contributed by atoms with E-state index >= 15 is 0 Å². The van der Waals surface area contributed by atoms with E-state index in [1.807, 2.05) is 30.3 Å². The molecule has 1 aromatic heterocycles. The minimum atomic E-state index is -0.0339. The van der Waals surface area contributed by atoms with Crippen LogP contribution in [-0.2, 0) is 0 Å². The van der Waals surface area contributed by atoms with Gasteiger partial charge in [0.1, 0.15) is 23.6 Å². The molecule has 0 bridgehead atoms. The minimum Gasteiger partial charge on any atom is -0.474 e. The van der Waals surface area contributed by atoms with E-state index in [1.165, 1.54) is 19.3 Å². The van der Waals surface area contributed by atoms with Gasteiger partial charge in [0, 0.05) is 24.8 Å². The lowest BCUT2D eigenvalue weighted by atomic mass is 10.1. The van der Waals surface area contributed by atoms with Crippen LogP contribution in [0.25, 0.3) is 11.3 Å². The summed E-state index contributed by atoms with van der Waals surface area (Å²) in [5, 5.41) is 9.60. The van der Waals surface area contributed by atoms with E-state index in [9.17, 15) is 5.26 Å².